The zero-order valence-electron chi connectivity index (χ0n) is 13.6. The van der Waals surface area contributed by atoms with Gasteiger partial charge in [0.05, 0.1) is 6.54 Å². The third-order valence-corrected chi connectivity index (χ3v) is 4.38. The van der Waals surface area contributed by atoms with E-state index in [1.165, 1.54) is 0 Å². The summed E-state index contributed by atoms with van der Waals surface area (Å²) < 4.78 is 0. The molecular weight excluding hydrogens is 250 g/mol. The Morgan fingerprint density at radius 2 is 1.85 bits per heavy atom. The van der Waals surface area contributed by atoms with Crippen LogP contribution in [0.25, 0.3) is 0 Å². The van der Waals surface area contributed by atoms with Crippen LogP contribution < -0.4 is 5.73 Å². The smallest absolute Gasteiger partial charge is 0.236 e. The first-order valence-electron chi connectivity index (χ1n) is 8.34. The van der Waals surface area contributed by atoms with E-state index in [2.05, 4.69) is 30.6 Å². The zero-order valence-corrected chi connectivity index (χ0v) is 13.6. The van der Waals surface area contributed by atoms with E-state index in [9.17, 15) is 4.79 Å². The average molecular weight is 283 g/mol. The van der Waals surface area contributed by atoms with E-state index in [4.69, 9.17) is 5.73 Å². The summed E-state index contributed by atoms with van der Waals surface area (Å²) in [5.74, 6) is 0.869. The number of hydrogen-bond acceptors (Lipinski definition) is 3. The van der Waals surface area contributed by atoms with Crippen LogP contribution in [0.5, 0.6) is 0 Å². The van der Waals surface area contributed by atoms with Crippen LogP contribution >= 0.6 is 0 Å². The maximum atomic E-state index is 12.5. The monoisotopic (exact) mass is 283 g/mol. The molecule has 4 nitrogen and oxygen atoms in total. The van der Waals surface area contributed by atoms with Crippen molar-refractivity contribution in [2.24, 2.45) is 11.7 Å². The largest absolute Gasteiger partial charge is 0.342 e. The van der Waals surface area contributed by atoms with Gasteiger partial charge in [-0.2, -0.15) is 0 Å². The molecule has 0 aliphatic carbocycles. The van der Waals surface area contributed by atoms with Crippen LogP contribution in [0.15, 0.2) is 0 Å². The van der Waals surface area contributed by atoms with Crippen molar-refractivity contribution in [2.75, 3.05) is 32.7 Å². The summed E-state index contributed by atoms with van der Waals surface area (Å²) in [6.45, 7) is 10.7. The third kappa shape index (κ3) is 5.41. The van der Waals surface area contributed by atoms with E-state index < -0.39 is 0 Å². The van der Waals surface area contributed by atoms with Crippen LogP contribution in [0.3, 0.4) is 0 Å². The number of nitrogens with zero attached hydrogens (tertiary/aromatic N) is 2. The molecule has 0 spiro atoms. The number of carbonyl (C=O) groups excluding carboxylic acids is 1. The van der Waals surface area contributed by atoms with Crippen molar-refractivity contribution in [1.29, 1.82) is 0 Å². The zero-order chi connectivity index (χ0) is 15.0. The quantitative estimate of drug-likeness (QED) is 0.705. The normalized spacial score (nSPS) is 23.2. The second-order valence-electron chi connectivity index (χ2n) is 6.20. The summed E-state index contributed by atoms with van der Waals surface area (Å²) in [7, 11) is 0. The van der Waals surface area contributed by atoms with Crippen LogP contribution in [-0.4, -0.2) is 54.5 Å². The van der Waals surface area contributed by atoms with Crippen molar-refractivity contribution in [3.63, 3.8) is 0 Å². The molecule has 1 fully saturated rings. The van der Waals surface area contributed by atoms with Crippen molar-refractivity contribution >= 4 is 5.91 Å². The highest BCUT2D eigenvalue weighted by Crippen LogP contribution is 2.21. The summed E-state index contributed by atoms with van der Waals surface area (Å²) in [6.07, 6.45) is 5.64. The minimum Gasteiger partial charge on any atom is -0.342 e. The van der Waals surface area contributed by atoms with Crippen LogP contribution in [0.2, 0.25) is 0 Å². The van der Waals surface area contributed by atoms with E-state index in [1.807, 2.05) is 0 Å². The molecule has 2 unspecified atom stereocenters. The van der Waals surface area contributed by atoms with Gasteiger partial charge in [0.25, 0.3) is 0 Å². The lowest BCUT2D eigenvalue weighted by atomic mass is 10.1. The summed E-state index contributed by atoms with van der Waals surface area (Å²) in [4.78, 5) is 16.9. The second-order valence-corrected chi connectivity index (χ2v) is 6.20. The Hall–Kier alpha value is -0.610. The molecule has 0 radical (unpaired) electrons. The fourth-order valence-corrected chi connectivity index (χ4v) is 2.94. The Labute approximate surface area is 124 Å². The molecule has 0 bridgehead atoms. The van der Waals surface area contributed by atoms with Gasteiger partial charge in [0.15, 0.2) is 0 Å². The van der Waals surface area contributed by atoms with E-state index in [0.29, 0.717) is 24.4 Å². The van der Waals surface area contributed by atoms with Gasteiger partial charge in [-0.1, -0.05) is 26.7 Å². The van der Waals surface area contributed by atoms with Crippen LogP contribution in [0.4, 0.5) is 0 Å². The molecule has 1 amide bonds. The molecule has 2 N–H and O–H groups in total. The van der Waals surface area contributed by atoms with Gasteiger partial charge in [-0.3, -0.25) is 9.69 Å². The molecule has 118 valence electrons. The van der Waals surface area contributed by atoms with Gasteiger partial charge in [0.2, 0.25) is 5.91 Å². The Morgan fingerprint density at radius 1 is 1.25 bits per heavy atom. The molecule has 2 atom stereocenters. The molecule has 1 heterocycles. The van der Waals surface area contributed by atoms with Gasteiger partial charge < -0.3 is 10.6 Å². The van der Waals surface area contributed by atoms with Crippen molar-refractivity contribution in [1.82, 2.24) is 9.80 Å². The molecule has 1 rings (SSSR count). The molecule has 0 aromatic carbocycles. The first kappa shape index (κ1) is 17.4. The molecular formula is C16H33N3O. The van der Waals surface area contributed by atoms with Crippen molar-refractivity contribution in [3.8, 4) is 0 Å². The SMILES string of the molecule is CCCCN(CCCC)C(=O)CN1CC(CN)CC1C. The lowest BCUT2D eigenvalue weighted by Crippen LogP contribution is -2.42. The molecule has 0 aromatic rings. The predicted octanol–water partition coefficient (Wildman–Crippen LogP) is 2.08. The highest BCUT2D eigenvalue weighted by molar-refractivity contribution is 5.78. The molecule has 20 heavy (non-hydrogen) atoms. The van der Waals surface area contributed by atoms with Gasteiger partial charge in [-0.05, 0) is 38.6 Å². The number of unbranched alkanes of at least 4 members (excludes halogenated alkanes) is 2. The van der Waals surface area contributed by atoms with E-state index in [1.54, 1.807) is 0 Å². The number of rotatable bonds is 9. The van der Waals surface area contributed by atoms with E-state index >= 15 is 0 Å². The van der Waals surface area contributed by atoms with E-state index in [0.717, 1.165) is 58.3 Å². The molecule has 0 saturated carbocycles. The number of amides is 1. The van der Waals surface area contributed by atoms with Crippen LogP contribution in [-0.2, 0) is 4.79 Å². The summed E-state index contributed by atoms with van der Waals surface area (Å²) >= 11 is 0. The van der Waals surface area contributed by atoms with Crippen molar-refractivity contribution < 1.29 is 4.79 Å². The molecule has 1 aliphatic heterocycles. The number of likely N-dealkylation sites (tertiary alicyclic amines) is 1. The lowest BCUT2D eigenvalue weighted by molar-refractivity contribution is -0.132. The molecule has 1 aliphatic rings. The third-order valence-electron chi connectivity index (χ3n) is 4.38. The van der Waals surface area contributed by atoms with Gasteiger partial charge in [0.1, 0.15) is 0 Å². The van der Waals surface area contributed by atoms with E-state index in [-0.39, 0.29) is 0 Å². The minimum absolute atomic E-state index is 0.302. The number of nitrogens with two attached hydrogens (primary N) is 1. The standard InChI is InChI=1S/C16H33N3O/c1-4-6-8-18(9-7-5-2)16(20)13-19-12-15(11-17)10-14(19)3/h14-15H,4-13,17H2,1-3H3. The summed E-state index contributed by atoms with van der Waals surface area (Å²) in [5.41, 5.74) is 5.76. The number of carbonyl (C=O) groups is 1. The average Bonchev–Trinajstić information content (AvgIpc) is 2.79. The Bertz CT molecular complexity index is 275. The first-order chi connectivity index (χ1) is 9.62. The minimum atomic E-state index is 0.302. The van der Waals surface area contributed by atoms with Crippen molar-refractivity contribution in [3.05, 3.63) is 0 Å². The fraction of sp³-hybridized carbons (Fsp3) is 0.938. The highest BCUT2D eigenvalue weighted by Gasteiger charge is 2.30. The second kappa shape index (κ2) is 9.35. The van der Waals surface area contributed by atoms with Gasteiger partial charge in [-0.15, -0.1) is 0 Å². The lowest BCUT2D eigenvalue weighted by Gasteiger charge is -2.27. The molecule has 1 saturated heterocycles. The van der Waals surface area contributed by atoms with Crippen molar-refractivity contribution in [2.45, 2.75) is 58.9 Å². The van der Waals surface area contributed by atoms with Crippen LogP contribution in [0, 0.1) is 5.92 Å². The topological polar surface area (TPSA) is 49.6 Å². The Morgan fingerprint density at radius 3 is 2.30 bits per heavy atom. The first-order valence-corrected chi connectivity index (χ1v) is 8.34. The summed E-state index contributed by atoms with van der Waals surface area (Å²) in [5, 5.41) is 0. The van der Waals surface area contributed by atoms with Crippen LogP contribution in [0.1, 0.15) is 52.9 Å². The highest BCUT2D eigenvalue weighted by atomic mass is 16.2. The number of hydrogen-bond donors (Lipinski definition) is 1. The van der Waals surface area contributed by atoms with Gasteiger partial charge in [0, 0.05) is 25.7 Å². The van der Waals surface area contributed by atoms with Gasteiger partial charge in [-0.25, -0.2) is 0 Å². The Balaban J connectivity index is 2.47. The predicted molar refractivity (Wildman–Crippen MR) is 84.6 cm³/mol. The molecule has 4 heteroatoms. The maximum absolute atomic E-state index is 12.5. The molecule has 0 aromatic heterocycles. The van der Waals surface area contributed by atoms with Gasteiger partial charge >= 0.3 is 0 Å². The maximum Gasteiger partial charge on any atom is 0.236 e. The fourth-order valence-electron chi connectivity index (χ4n) is 2.94. The Kier molecular flexibility index (Phi) is 8.15. The summed E-state index contributed by atoms with van der Waals surface area (Å²) in [6, 6.07) is 0.492.